The Morgan fingerprint density at radius 1 is 0.816 bits per heavy atom. The van der Waals surface area contributed by atoms with Crippen molar-refractivity contribution in [2.24, 2.45) is 0 Å². The van der Waals surface area contributed by atoms with E-state index in [1.807, 2.05) is 30.3 Å². The van der Waals surface area contributed by atoms with E-state index in [4.69, 9.17) is 51.1 Å². The Labute approximate surface area is 259 Å². The molecule has 0 spiro atoms. The van der Waals surface area contributed by atoms with E-state index in [-0.39, 0.29) is 29.7 Å². The van der Waals surface area contributed by atoms with Crippen LogP contribution in [0.2, 0.25) is 20.1 Å². The summed E-state index contributed by atoms with van der Waals surface area (Å²) in [6.07, 6.45) is 19.5. The fraction of sp³-hybridized carbons (Fsp3) is 0.500. The van der Waals surface area contributed by atoms with E-state index in [2.05, 4.69) is 34.8 Å². The van der Waals surface area contributed by atoms with E-state index in [1.54, 1.807) is 6.07 Å². The summed E-state index contributed by atoms with van der Waals surface area (Å²) >= 11 is 25.5. The van der Waals surface area contributed by atoms with E-state index in [0.29, 0.717) is 26.6 Å². The van der Waals surface area contributed by atoms with Gasteiger partial charge >= 0.3 is 0 Å². The van der Waals surface area contributed by atoms with Gasteiger partial charge in [-0.25, -0.2) is 9.13 Å². The van der Waals surface area contributed by atoms with Crippen LogP contribution in [0.1, 0.15) is 88.4 Å². The van der Waals surface area contributed by atoms with Crippen LogP contribution in [0, 0.1) is 0 Å². The summed E-state index contributed by atoms with van der Waals surface area (Å²) in [6, 6.07) is 11.0. The average molecular weight is 665 g/mol. The summed E-state index contributed by atoms with van der Waals surface area (Å²) in [7, 11) is 0. The number of rotatable bonds is 17. The number of nitrogens with zero attached hydrogens (tertiary/aromatic N) is 2. The Kier molecular flexibility index (Phi) is 16.3. The third-order valence-corrected chi connectivity index (χ3v) is 7.96. The number of unbranched alkanes of at least 4 members (excludes halogenated alkanes) is 9. The smallest absolute Gasteiger partial charge is 0.243 e. The van der Waals surface area contributed by atoms with E-state index >= 15 is 0 Å². The lowest BCUT2D eigenvalue weighted by atomic mass is 10.1. The fourth-order valence-electron chi connectivity index (χ4n) is 4.51. The van der Waals surface area contributed by atoms with Crippen molar-refractivity contribution >= 4 is 46.4 Å². The van der Waals surface area contributed by atoms with Crippen LogP contribution in [0.4, 0.5) is 0 Å². The van der Waals surface area contributed by atoms with Gasteiger partial charge in [-0.1, -0.05) is 117 Å². The Morgan fingerprint density at radius 3 is 2.08 bits per heavy atom. The van der Waals surface area contributed by atoms with Crippen LogP contribution >= 0.6 is 46.4 Å². The van der Waals surface area contributed by atoms with Gasteiger partial charge in [0.2, 0.25) is 6.33 Å². The highest BCUT2D eigenvalue weighted by atomic mass is 79.9. The molecule has 1 atom stereocenters. The van der Waals surface area contributed by atoms with Gasteiger partial charge < -0.3 is 21.7 Å². The van der Waals surface area contributed by atoms with Crippen LogP contribution in [0.3, 0.4) is 0 Å². The largest absolute Gasteiger partial charge is 1.00 e. The lowest BCUT2D eigenvalue weighted by molar-refractivity contribution is -0.697. The van der Waals surface area contributed by atoms with Gasteiger partial charge in [-0.15, -0.1) is 0 Å². The monoisotopic (exact) mass is 662 g/mol. The number of imidazole rings is 1. The van der Waals surface area contributed by atoms with Crippen molar-refractivity contribution in [3.63, 3.8) is 0 Å². The zero-order chi connectivity index (χ0) is 26.5. The number of aryl methyl sites for hydroxylation is 1. The number of hydrogen-bond donors (Lipinski definition) is 0. The first-order valence-corrected chi connectivity index (χ1v) is 15.0. The highest BCUT2D eigenvalue weighted by molar-refractivity contribution is 6.36. The topological polar surface area (TPSA) is 18.0 Å². The standard InChI is InChI=1S/C30H39Cl4N2O.BrH/c1-2-3-4-5-6-7-8-9-10-11-17-35-18-19-36(23-35)21-30(25-16-15-24(31)20-29(25)34)37-22-26-27(32)13-12-14-28(26)33;/h12-16,18-20,23,30H,2-11,17,21-22H2,1H3;1H/q+1;/p-1. The number of hydrogen-bond acceptors (Lipinski definition) is 1. The van der Waals surface area contributed by atoms with Gasteiger partial charge in [-0.2, -0.15) is 0 Å². The van der Waals surface area contributed by atoms with Crippen LogP contribution < -0.4 is 21.5 Å². The van der Waals surface area contributed by atoms with Gasteiger partial charge in [-0.05, 0) is 37.1 Å². The molecule has 3 nitrogen and oxygen atoms in total. The molecule has 0 aliphatic rings. The Balaban J connectivity index is 0.00000507. The van der Waals surface area contributed by atoms with Crippen molar-refractivity contribution in [3.8, 4) is 0 Å². The molecule has 0 saturated heterocycles. The molecule has 0 aliphatic heterocycles. The molecule has 0 fully saturated rings. The molecule has 0 saturated carbocycles. The second kappa shape index (κ2) is 18.6. The highest BCUT2D eigenvalue weighted by Crippen LogP contribution is 2.32. The lowest BCUT2D eigenvalue weighted by Crippen LogP contribution is -3.00. The quantitative estimate of drug-likeness (QED) is 0.110. The fourth-order valence-corrected chi connectivity index (χ4v) is 5.55. The molecule has 3 aromatic rings. The zero-order valence-electron chi connectivity index (χ0n) is 22.2. The van der Waals surface area contributed by atoms with Crippen molar-refractivity contribution in [1.82, 2.24) is 4.57 Å². The predicted octanol–water partition coefficient (Wildman–Crippen LogP) is 7.27. The minimum absolute atomic E-state index is 0. The van der Waals surface area contributed by atoms with Crippen LogP contribution in [-0.2, 0) is 24.4 Å². The summed E-state index contributed by atoms with van der Waals surface area (Å²) in [5.41, 5.74) is 1.65. The lowest BCUT2D eigenvalue weighted by Gasteiger charge is -2.19. The van der Waals surface area contributed by atoms with Crippen molar-refractivity contribution in [2.45, 2.75) is 96.9 Å². The third-order valence-electron chi connectivity index (χ3n) is 6.69. The molecular formula is C30H39BrCl4N2O. The molecule has 1 heterocycles. The SMILES string of the molecule is CCCCCCCCCCCC[n+]1ccn(CC(OCc2c(Cl)cccc2Cl)c2ccc(Cl)cc2Cl)c1.[Br-]. The summed E-state index contributed by atoms with van der Waals surface area (Å²) in [4.78, 5) is 0. The minimum atomic E-state index is -0.296. The van der Waals surface area contributed by atoms with Crippen LogP contribution in [0.15, 0.2) is 55.1 Å². The summed E-state index contributed by atoms with van der Waals surface area (Å²) < 4.78 is 10.7. The molecule has 0 amide bonds. The number of halogens is 5. The normalized spacial score (nSPS) is 11.9. The Morgan fingerprint density at radius 2 is 1.45 bits per heavy atom. The average Bonchev–Trinajstić information content (AvgIpc) is 3.31. The molecule has 0 bridgehead atoms. The number of aromatic nitrogens is 2. The first kappa shape index (κ1) is 33.5. The molecule has 1 unspecified atom stereocenters. The molecule has 8 heteroatoms. The van der Waals surface area contributed by atoms with Gasteiger partial charge in [-0.3, -0.25) is 0 Å². The van der Waals surface area contributed by atoms with E-state index in [1.165, 1.54) is 64.2 Å². The van der Waals surface area contributed by atoms with Crippen molar-refractivity contribution in [2.75, 3.05) is 0 Å². The van der Waals surface area contributed by atoms with Crippen LogP contribution in [-0.4, -0.2) is 4.57 Å². The van der Waals surface area contributed by atoms with Gasteiger partial charge in [0.15, 0.2) is 0 Å². The molecule has 38 heavy (non-hydrogen) atoms. The summed E-state index contributed by atoms with van der Waals surface area (Å²) in [6.45, 7) is 4.18. The van der Waals surface area contributed by atoms with Gasteiger partial charge in [0.05, 0.1) is 13.2 Å². The number of ether oxygens (including phenoxy) is 1. The van der Waals surface area contributed by atoms with Crippen LogP contribution in [0.25, 0.3) is 0 Å². The molecule has 2 aromatic carbocycles. The Bertz CT molecular complexity index is 1070. The maximum absolute atomic E-state index is 6.56. The van der Waals surface area contributed by atoms with E-state index in [0.717, 1.165) is 17.7 Å². The molecular weight excluding hydrogens is 626 g/mol. The van der Waals surface area contributed by atoms with E-state index < -0.39 is 0 Å². The predicted molar refractivity (Wildman–Crippen MR) is 157 cm³/mol. The highest BCUT2D eigenvalue weighted by Gasteiger charge is 2.21. The van der Waals surface area contributed by atoms with Gasteiger partial charge in [0.25, 0.3) is 0 Å². The zero-order valence-corrected chi connectivity index (χ0v) is 26.8. The van der Waals surface area contributed by atoms with Gasteiger partial charge in [0.1, 0.15) is 25.0 Å². The maximum atomic E-state index is 6.56. The maximum Gasteiger partial charge on any atom is 0.243 e. The van der Waals surface area contributed by atoms with Crippen molar-refractivity contribution in [1.29, 1.82) is 0 Å². The van der Waals surface area contributed by atoms with Gasteiger partial charge in [0, 0.05) is 31.2 Å². The molecule has 210 valence electrons. The second-order valence-corrected chi connectivity index (χ2v) is 11.4. The van der Waals surface area contributed by atoms with Crippen molar-refractivity contribution in [3.05, 3.63) is 86.3 Å². The molecule has 0 N–H and O–H groups in total. The molecule has 1 aromatic heterocycles. The first-order chi connectivity index (χ1) is 18.0. The second-order valence-electron chi connectivity index (χ2n) is 9.70. The molecule has 0 radical (unpaired) electrons. The third kappa shape index (κ3) is 11.4. The van der Waals surface area contributed by atoms with Crippen LogP contribution in [0.5, 0.6) is 0 Å². The molecule has 3 rings (SSSR count). The summed E-state index contributed by atoms with van der Waals surface area (Å²) in [5.74, 6) is 0. The molecule has 0 aliphatic carbocycles. The Hall–Kier alpha value is -0.750. The first-order valence-electron chi connectivity index (χ1n) is 13.5. The van der Waals surface area contributed by atoms with Crippen molar-refractivity contribution < 1.29 is 26.3 Å². The minimum Gasteiger partial charge on any atom is -1.00 e. The summed E-state index contributed by atoms with van der Waals surface area (Å²) in [5, 5.41) is 2.35. The van der Waals surface area contributed by atoms with E-state index in [9.17, 15) is 0 Å². The number of benzene rings is 2.